The maximum Gasteiger partial charge on any atom is 0.337 e. The lowest BCUT2D eigenvalue weighted by Gasteiger charge is -2.61. The second kappa shape index (κ2) is 7.74. The Bertz CT molecular complexity index is 1210. The molecule has 174 valence electrons. The first-order valence-corrected chi connectivity index (χ1v) is 11.7. The Morgan fingerprint density at radius 3 is 2.48 bits per heavy atom. The van der Waals surface area contributed by atoms with E-state index in [0.29, 0.717) is 23.9 Å². The molecule has 10 heteroatoms. The lowest BCUT2D eigenvalue weighted by molar-refractivity contribution is -0.151. The molecule has 6 rings (SSSR count). The molecule has 2 aromatic rings. The highest BCUT2D eigenvalue weighted by atomic mass is 35.5. The third-order valence-electron chi connectivity index (χ3n) is 7.52. The first kappa shape index (κ1) is 22.2. The first-order valence-electron chi connectivity index (χ1n) is 10.9. The zero-order valence-corrected chi connectivity index (χ0v) is 19.2. The SMILES string of the molecule is O=C(O)CC12C[C@@H]3C[C@@H](C1)CC(n1ncc(Nc4ccc(Cl)c(C(=O)O)c4)c(Cl)c1=O)(C3)C2. The molecule has 0 saturated heterocycles. The number of hydrogen-bond acceptors (Lipinski definition) is 5. The molecule has 0 radical (unpaired) electrons. The Morgan fingerprint density at radius 1 is 1.15 bits per heavy atom. The van der Waals surface area contributed by atoms with Crippen LogP contribution in [0.2, 0.25) is 10.0 Å². The molecular formula is C23H23Cl2N3O5. The maximum absolute atomic E-state index is 13.3. The van der Waals surface area contributed by atoms with Crippen molar-refractivity contribution < 1.29 is 19.8 Å². The molecule has 4 fully saturated rings. The zero-order chi connectivity index (χ0) is 23.5. The number of carbonyl (C=O) groups is 2. The summed E-state index contributed by atoms with van der Waals surface area (Å²) in [5.74, 6) is -1.19. The van der Waals surface area contributed by atoms with Crippen molar-refractivity contribution in [2.45, 2.75) is 50.5 Å². The quantitative estimate of drug-likeness (QED) is 0.532. The van der Waals surface area contributed by atoms with Crippen LogP contribution in [0.5, 0.6) is 0 Å². The smallest absolute Gasteiger partial charge is 0.337 e. The van der Waals surface area contributed by atoms with Gasteiger partial charge in [-0.3, -0.25) is 9.59 Å². The van der Waals surface area contributed by atoms with Gasteiger partial charge in [0.15, 0.2) is 0 Å². The molecule has 0 aliphatic heterocycles. The number of carboxylic acid groups (broad SMARTS) is 2. The maximum atomic E-state index is 13.3. The van der Waals surface area contributed by atoms with Gasteiger partial charge in [-0.05, 0) is 74.0 Å². The minimum Gasteiger partial charge on any atom is -0.481 e. The number of halogens is 2. The van der Waals surface area contributed by atoms with Crippen molar-refractivity contribution in [1.82, 2.24) is 9.78 Å². The van der Waals surface area contributed by atoms with E-state index in [1.807, 2.05) is 0 Å². The highest BCUT2D eigenvalue weighted by molar-refractivity contribution is 6.34. The van der Waals surface area contributed by atoms with Crippen LogP contribution in [0.4, 0.5) is 11.4 Å². The summed E-state index contributed by atoms with van der Waals surface area (Å²) in [4.78, 5) is 36.3. The highest BCUT2D eigenvalue weighted by Gasteiger charge is 2.59. The number of aromatic carboxylic acids is 1. The second-order valence-electron chi connectivity index (χ2n) is 9.97. The van der Waals surface area contributed by atoms with Crippen molar-refractivity contribution >= 4 is 46.5 Å². The number of benzene rings is 1. The summed E-state index contributed by atoms with van der Waals surface area (Å²) in [6.07, 6.45) is 6.68. The number of nitrogens with zero attached hydrogens (tertiary/aromatic N) is 2. The van der Waals surface area contributed by atoms with Gasteiger partial charge in [0.2, 0.25) is 0 Å². The van der Waals surface area contributed by atoms with Crippen molar-refractivity contribution in [3.8, 4) is 0 Å². The fourth-order valence-corrected chi connectivity index (χ4v) is 7.33. The normalized spacial score (nSPS) is 29.8. The molecule has 2 atom stereocenters. The van der Waals surface area contributed by atoms with E-state index >= 15 is 0 Å². The average Bonchev–Trinajstić information content (AvgIpc) is 2.70. The van der Waals surface area contributed by atoms with E-state index < -0.39 is 23.0 Å². The molecule has 1 aromatic carbocycles. The zero-order valence-electron chi connectivity index (χ0n) is 17.7. The summed E-state index contributed by atoms with van der Waals surface area (Å²) in [5, 5.41) is 26.3. The molecular weight excluding hydrogens is 469 g/mol. The van der Waals surface area contributed by atoms with E-state index in [2.05, 4.69) is 10.4 Å². The number of aromatic nitrogens is 2. The van der Waals surface area contributed by atoms with Gasteiger partial charge in [0, 0.05) is 5.69 Å². The summed E-state index contributed by atoms with van der Waals surface area (Å²) in [6, 6.07) is 4.40. The van der Waals surface area contributed by atoms with Crippen molar-refractivity contribution in [1.29, 1.82) is 0 Å². The first-order chi connectivity index (χ1) is 15.6. The topological polar surface area (TPSA) is 122 Å². The lowest BCUT2D eigenvalue weighted by atomic mass is 9.46. The minimum atomic E-state index is -1.17. The Balaban J connectivity index is 1.49. The van der Waals surface area contributed by atoms with Crippen molar-refractivity contribution in [2.75, 3.05) is 5.32 Å². The van der Waals surface area contributed by atoms with Crippen LogP contribution in [-0.4, -0.2) is 31.9 Å². The van der Waals surface area contributed by atoms with Crippen molar-refractivity contribution in [3.63, 3.8) is 0 Å². The number of hydrogen-bond donors (Lipinski definition) is 3. The third kappa shape index (κ3) is 3.79. The van der Waals surface area contributed by atoms with Crippen LogP contribution in [0.15, 0.2) is 29.2 Å². The van der Waals surface area contributed by atoms with E-state index in [1.54, 1.807) is 6.07 Å². The molecule has 4 aliphatic rings. The average molecular weight is 492 g/mol. The Labute approximate surface area is 199 Å². The third-order valence-corrected chi connectivity index (χ3v) is 8.22. The minimum absolute atomic E-state index is 0.0418. The fraction of sp³-hybridized carbons (Fsp3) is 0.478. The van der Waals surface area contributed by atoms with Crippen LogP contribution in [0.3, 0.4) is 0 Å². The van der Waals surface area contributed by atoms with E-state index in [-0.39, 0.29) is 33.1 Å². The van der Waals surface area contributed by atoms with Crippen LogP contribution in [0.1, 0.15) is 55.3 Å². The van der Waals surface area contributed by atoms with Gasteiger partial charge in [-0.25, -0.2) is 9.48 Å². The molecule has 1 aromatic heterocycles. The Hall–Kier alpha value is -2.58. The monoisotopic (exact) mass is 491 g/mol. The molecule has 0 spiro atoms. The van der Waals surface area contributed by atoms with Gasteiger partial charge in [-0.2, -0.15) is 5.10 Å². The van der Waals surface area contributed by atoms with Gasteiger partial charge in [0.05, 0.1) is 34.4 Å². The van der Waals surface area contributed by atoms with Crippen molar-refractivity contribution in [3.05, 3.63) is 50.4 Å². The number of nitrogens with one attached hydrogen (secondary N) is 1. The van der Waals surface area contributed by atoms with Crippen LogP contribution >= 0.6 is 23.2 Å². The molecule has 1 heterocycles. The summed E-state index contributed by atoms with van der Waals surface area (Å²) < 4.78 is 1.49. The van der Waals surface area contributed by atoms with Crippen molar-refractivity contribution in [2.24, 2.45) is 17.3 Å². The highest BCUT2D eigenvalue weighted by Crippen LogP contribution is 2.65. The van der Waals surface area contributed by atoms with Gasteiger partial charge in [-0.1, -0.05) is 23.2 Å². The summed E-state index contributed by atoms with van der Waals surface area (Å²) in [6.45, 7) is 0. The molecule has 8 nitrogen and oxygen atoms in total. The number of carboxylic acids is 2. The van der Waals surface area contributed by atoms with Gasteiger partial charge in [0.25, 0.3) is 5.56 Å². The van der Waals surface area contributed by atoms with Gasteiger partial charge in [0.1, 0.15) is 5.02 Å². The number of aliphatic carboxylic acids is 1. The van der Waals surface area contributed by atoms with Crippen LogP contribution < -0.4 is 10.9 Å². The van der Waals surface area contributed by atoms with E-state index in [0.717, 1.165) is 32.1 Å². The molecule has 33 heavy (non-hydrogen) atoms. The predicted octanol–water partition coefficient (Wildman–Crippen LogP) is 4.76. The lowest BCUT2D eigenvalue weighted by Crippen LogP contribution is -2.59. The predicted molar refractivity (Wildman–Crippen MR) is 123 cm³/mol. The van der Waals surface area contributed by atoms with Crippen LogP contribution in [0.25, 0.3) is 0 Å². The number of rotatable bonds is 6. The summed E-state index contributed by atoms with van der Waals surface area (Å²) in [7, 11) is 0. The summed E-state index contributed by atoms with van der Waals surface area (Å²) in [5.41, 5.74) is -0.640. The largest absolute Gasteiger partial charge is 0.481 e. The van der Waals surface area contributed by atoms with E-state index in [4.69, 9.17) is 23.2 Å². The van der Waals surface area contributed by atoms with Crippen LogP contribution in [0, 0.1) is 17.3 Å². The molecule has 3 N–H and O–H groups in total. The molecule has 0 unspecified atom stereocenters. The summed E-state index contributed by atoms with van der Waals surface area (Å²) >= 11 is 12.4. The molecule has 4 aliphatic carbocycles. The van der Waals surface area contributed by atoms with Gasteiger partial charge >= 0.3 is 11.9 Å². The van der Waals surface area contributed by atoms with E-state index in [1.165, 1.54) is 23.0 Å². The fourth-order valence-electron chi connectivity index (χ4n) is 6.96. The van der Waals surface area contributed by atoms with Crippen LogP contribution in [-0.2, 0) is 10.3 Å². The Morgan fingerprint density at radius 2 is 1.85 bits per heavy atom. The Kier molecular flexibility index (Phi) is 5.21. The molecule has 0 amide bonds. The second-order valence-corrected chi connectivity index (χ2v) is 10.8. The van der Waals surface area contributed by atoms with Gasteiger partial charge < -0.3 is 15.5 Å². The molecule has 4 saturated carbocycles. The van der Waals surface area contributed by atoms with Gasteiger partial charge in [-0.15, -0.1) is 0 Å². The molecule has 4 bridgehead atoms. The van der Waals surface area contributed by atoms with E-state index in [9.17, 15) is 24.6 Å². The standard InChI is InChI=1S/C23H23Cl2N3O5/c24-16-2-1-14(4-15(16)21(32)33)27-17-10-26-28(20(31)19(17)25)23-7-12-3-13(8-23)6-22(5-12,11-23)9-18(29)30/h1-2,4,10,12-13,27H,3,5-9,11H2,(H,29,30)(H,32,33)/t12-,13-,22?,23?/m0/s1. The number of anilines is 2.